The summed E-state index contributed by atoms with van der Waals surface area (Å²) in [7, 11) is 0. The minimum absolute atomic E-state index is 0.0958. The highest BCUT2D eigenvalue weighted by molar-refractivity contribution is 6.42. The van der Waals surface area contributed by atoms with Crippen LogP contribution in [0.3, 0.4) is 0 Å². The number of carbonyl (C=O) groups is 1. The Bertz CT molecular complexity index is 917. The lowest BCUT2D eigenvalue weighted by Gasteiger charge is -2.21. The fourth-order valence-electron chi connectivity index (χ4n) is 2.92. The molecule has 0 atom stereocenters. The number of carbonyl (C=O) groups excluding carboxylic acids is 1. The van der Waals surface area contributed by atoms with Gasteiger partial charge in [0, 0.05) is 25.0 Å². The van der Waals surface area contributed by atoms with E-state index in [-0.39, 0.29) is 11.9 Å². The third-order valence-electron chi connectivity index (χ3n) is 4.43. The van der Waals surface area contributed by atoms with E-state index in [1.54, 1.807) is 24.4 Å². The quantitative estimate of drug-likeness (QED) is 0.616. The van der Waals surface area contributed by atoms with Crippen molar-refractivity contribution < 1.29 is 9.21 Å². The van der Waals surface area contributed by atoms with Crippen LogP contribution in [0, 0.1) is 0 Å². The molecule has 0 spiro atoms. The zero-order chi connectivity index (χ0) is 18.1. The number of imidazole rings is 1. The Morgan fingerprint density at radius 2 is 2.12 bits per heavy atom. The van der Waals surface area contributed by atoms with E-state index in [4.69, 9.17) is 27.6 Å². The van der Waals surface area contributed by atoms with E-state index in [9.17, 15) is 4.79 Å². The topological polar surface area (TPSA) is 51.3 Å². The molecule has 0 N–H and O–H groups in total. The Kier molecular flexibility index (Phi) is 4.74. The Hall–Kier alpha value is -2.24. The molecule has 3 aromatic rings. The van der Waals surface area contributed by atoms with Gasteiger partial charge < -0.3 is 13.9 Å². The second kappa shape index (κ2) is 7.17. The van der Waals surface area contributed by atoms with E-state index in [0.29, 0.717) is 28.9 Å². The van der Waals surface area contributed by atoms with E-state index >= 15 is 0 Å². The third kappa shape index (κ3) is 3.64. The maximum atomic E-state index is 12.7. The number of rotatable bonds is 6. The Morgan fingerprint density at radius 1 is 1.27 bits per heavy atom. The van der Waals surface area contributed by atoms with Gasteiger partial charge in [-0.1, -0.05) is 29.3 Å². The standard InChI is InChI=1S/C19H17Cl2N3O2/c20-15-6-3-13(10-16(15)21)11-23-8-7-22-18(23)12-24(14-4-5-14)19(25)17-2-1-9-26-17/h1-3,6-10,14H,4-5,11-12H2. The summed E-state index contributed by atoms with van der Waals surface area (Å²) in [5.41, 5.74) is 1.02. The molecule has 7 heteroatoms. The van der Waals surface area contributed by atoms with Crippen LogP contribution < -0.4 is 0 Å². The highest BCUT2D eigenvalue weighted by atomic mass is 35.5. The molecule has 0 aliphatic heterocycles. The average Bonchev–Trinajstić information content (AvgIpc) is 3.14. The molecule has 134 valence electrons. The molecule has 1 amide bonds. The summed E-state index contributed by atoms with van der Waals surface area (Å²) in [6.07, 6.45) is 7.19. The normalized spacial score (nSPS) is 13.8. The molecule has 1 aromatic carbocycles. The maximum absolute atomic E-state index is 12.7. The summed E-state index contributed by atoms with van der Waals surface area (Å²) in [5, 5.41) is 1.06. The van der Waals surface area contributed by atoms with Crippen LogP contribution in [0.5, 0.6) is 0 Å². The maximum Gasteiger partial charge on any atom is 0.290 e. The first kappa shape index (κ1) is 17.2. The molecule has 4 rings (SSSR count). The Balaban J connectivity index is 1.53. The molecule has 2 aromatic heterocycles. The van der Waals surface area contributed by atoms with Gasteiger partial charge in [-0.2, -0.15) is 0 Å². The van der Waals surface area contributed by atoms with Crippen LogP contribution in [0.1, 0.15) is 34.8 Å². The summed E-state index contributed by atoms with van der Waals surface area (Å²) in [6.45, 7) is 1.05. The molecule has 1 saturated carbocycles. The van der Waals surface area contributed by atoms with Gasteiger partial charge in [0.2, 0.25) is 0 Å². The number of hydrogen-bond acceptors (Lipinski definition) is 3. The largest absolute Gasteiger partial charge is 0.459 e. The van der Waals surface area contributed by atoms with Crippen molar-refractivity contribution in [2.24, 2.45) is 0 Å². The van der Waals surface area contributed by atoms with Crippen LogP contribution in [0.25, 0.3) is 0 Å². The minimum Gasteiger partial charge on any atom is -0.459 e. The number of halogens is 2. The fraction of sp³-hybridized carbons (Fsp3) is 0.263. The summed E-state index contributed by atoms with van der Waals surface area (Å²) < 4.78 is 7.30. The SMILES string of the molecule is O=C(c1ccco1)N(Cc1nccn1Cc1ccc(Cl)c(Cl)c1)C1CC1. The lowest BCUT2D eigenvalue weighted by molar-refractivity contribution is 0.0691. The molecule has 0 radical (unpaired) electrons. The molecule has 2 heterocycles. The molecule has 0 saturated heterocycles. The van der Waals surface area contributed by atoms with Gasteiger partial charge in [0.05, 0.1) is 22.9 Å². The zero-order valence-electron chi connectivity index (χ0n) is 13.9. The number of nitrogens with zero attached hydrogens (tertiary/aromatic N) is 3. The van der Waals surface area contributed by atoms with Crippen molar-refractivity contribution in [2.75, 3.05) is 0 Å². The summed E-state index contributed by atoms with van der Waals surface area (Å²) in [4.78, 5) is 19.0. The van der Waals surface area contributed by atoms with Crippen molar-refractivity contribution in [1.82, 2.24) is 14.5 Å². The van der Waals surface area contributed by atoms with Crippen molar-refractivity contribution in [3.63, 3.8) is 0 Å². The molecule has 1 aliphatic carbocycles. The van der Waals surface area contributed by atoms with Crippen molar-refractivity contribution in [3.8, 4) is 0 Å². The fourth-order valence-corrected chi connectivity index (χ4v) is 3.24. The number of benzene rings is 1. The molecular weight excluding hydrogens is 373 g/mol. The zero-order valence-corrected chi connectivity index (χ0v) is 15.5. The second-order valence-corrected chi connectivity index (χ2v) is 7.18. The summed E-state index contributed by atoms with van der Waals surface area (Å²) >= 11 is 12.1. The van der Waals surface area contributed by atoms with Crippen LogP contribution in [0.2, 0.25) is 10.0 Å². The van der Waals surface area contributed by atoms with Crippen LogP contribution in [-0.2, 0) is 13.1 Å². The van der Waals surface area contributed by atoms with Gasteiger partial charge in [-0.15, -0.1) is 0 Å². The lowest BCUT2D eigenvalue weighted by atomic mass is 10.2. The number of hydrogen-bond donors (Lipinski definition) is 0. The number of amides is 1. The molecular formula is C19H17Cl2N3O2. The highest BCUT2D eigenvalue weighted by Gasteiger charge is 2.34. The molecule has 0 bridgehead atoms. The van der Waals surface area contributed by atoms with Crippen LogP contribution in [-0.4, -0.2) is 26.4 Å². The van der Waals surface area contributed by atoms with Gasteiger partial charge in [-0.3, -0.25) is 4.79 Å². The summed E-state index contributed by atoms with van der Waals surface area (Å²) in [6, 6.07) is 9.24. The molecule has 0 unspecified atom stereocenters. The first-order valence-electron chi connectivity index (χ1n) is 8.40. The van der Waals surface area contributed by atoms with Gasteiger partial charge in [0.15, 0.2) is 5.76 Å². The van der Waals surface area contributed by atoms with Crippen LogP contribution >= 0.6 is 23.2 Å². The number of furan rings is 1. The number of aromatic nitrogens is 2. The van der Waals surface area contributed by atoms with Crippen molar-refractivity contribution in [1.29, 1.82) is 0 Å². The van der Waals surface area contributed by atoms with Crippen molar-refractivity contribution >= 4 is 29.1 Å². The predicted octanol–water partition coefficient (Wildman–Crippen LogP) is 4.64. The Morgan fingerprint density at radius 3 is 2.81 bits per heavy atom. The monoisotopic (exact) mass is 389 g/mol. The van der Waals surface area contributed by atoms with E-state index in [2.05, 4.69) is 4.98 Å². The highest BCUT2D eigenvalue weighted by Crippen LogP contribution is 2.30. The van der Waals surface area contributed by atoms with E-state index in [1.807, 2.05) is 27.8 Å². The smallest absolute Gasteiger partial charge is 0.290 e. The molecule has 1 aliphatic rings. The Labute approximate surface area is 161 Å². The van der Waals surface area contributed by atoms with Gasteiger partial charge in [0.25, 0.3) is 5.91 Å². The van der Waals surface area contributed by atoms with Gasteiger partial charge in [0.1, 0.15) is 5.82 Å². The third-order valence-corrected chi connectivity index (χ3v) is 5.17. The van der Waals surface area contributed by atoms with Crippen molar-refractivity contribution in [2.45, 2.75) is 32.0 Å². The van der Waals surface area contributed by atoms with Crippen LogP contribution in [0.4, 0.5) is 0 Å². The average molecular weight is 390 g/mol. The molecule has 26 heavy (non-hydrogen) atoms. The lowest BCUT2D eigenvalue weighted by Crippen LogP contribution is -2.33. The molecule has 5 nitrogen and oxygen atoms in total. The second-order valence-electron chi connectivity index (χ2n) is 6.36. The first-order chi connectivity index (χ1) is 12.6. The summed E-state index contributed by atoms with van der Waals surface area (Å²) in [5.74, 6) is 1.09. The van der Waals surface area contributed by atoms with Gasteiger partial charge >= 0.3 is 0 Å². The predicted molar refractivity (Wildman–Crippen MR) is 99.4 cm³/mol. The molecule has 1 fully saturated rings. The van der Waals surface area contributed by atoms with E-state index in [0.717, 1.165) is 24.2 Å². The van der Waals surface area contributed by atoms with E-state index < -0.39 is 0 Å². The van der Waals surface area contributed by atoms with Gasteiger partial charge in [-0.05, 0) is 42.7 Å². The first-order valence-corrected chi connectivity index (χ1v) is 9.16. The van der Waals surface area contributed by atoms with Gasteiger partial charge in [-0.25, -0.2) is 4.98 Å². The van der Waals surface area contributed by atoms with E-state index in [1.165, 1.54) is 6.26 Å². The minimum atomic E-state index is -0.0958. The van der Waals surface area contributed by atoms with Crippen molar-refractivity contribution in [3.05, 3.63) is 76.2 Å². The van der Waals surface area contributed by atoms with Crippen LogP contribution in [0.15, 0.2) is 53.4 Å².